The summed E-state index contributed by atoms with van der Waals surface area (Å²) in [4.78, 5) is 0. The van der Waals surface area contributed by atoms with Crippen LogP contribution in [0.3, 0.4) is 0 Å². The predicted octanol–water partition coefficient (Wildman–Crippen LogP) is 7.93. The number of fused-ring (bicyclic) bond motifs is 3. The van der Waals surface area contributed by atoms with Crippen molar-refractivity contribution in [2.45, 2.75) is 6.54 Å². The van der Waals surface area contributed by atoms with Crippen LogP contribution < -0.4 is 0 Å². The minimum absolute atomic E-state index is 0.491. The first-order chi connectivity index (χ1) is 17.8. The highest BCUT2D eigenvalue weighted by atomic mass is 15.0. The van der Waals surface area contributed by atoms with Gasteiger partial charge in [-0.1, -0.05) is 115 Å². The Morgan fingerprint density at radius 1 is 0.611 bits per heavy atom. The molecule has 0 aliphatic heterocycles. The smallest absolute Gasteiger partial charge is 0.0847 e. The fraction of sp³-hybridized carbons (Fsp3) is 0.0294. The molecule has 1 N–H and O–H groups in total. The van der Waals surface area contributed by atoms with Crippen molar-refractivity contribution in [3.8, 4) is 23.0 Å². The minimum atomic E-state index is 0.491. The molecule has 6 aromatic rings. The van der Waals surface area contributed by atoms with Crippen molar-refractivity contribution in [2.75, 3.05) is 0 Å². The summed E-state index contributed by atoms with van der Waals surface area (Å²) in [6.07, 6.45) is 0. The first-order valence-electron chi connectivity index (χ1n) is 12.1. The third-order valence-electron chi connectivity index (χ3n) is 6.60. The molecular weight excluding hydrogens is 436 g/mol. The average Bonchev–Trinajstić information content (AvgIpc) is 3.27. The Balaban J connectivity index is 1.39. The lowest BCUT2D eigenvalue weighted by Gasteiger charge is -2.07. The first kappa shape index (κ1) is 21.6. The molecule has 1 heterocycles. The van der Waals surface area contributed by atoms with Gasteiger partial charge in [-0.3, -0.25) is 5.41 Å². The van der Waals surface area contributed by atoms with Crippen LogP contribution in [0.2, 0.25) is 0 Å². The second-order valence-corrected chi connectivity index (χ2v) is 8.79. The highest BCUT2D eigenvalue weighted by molar-refractivity contribution is 6.12. The van der Waals surface area contributed by atoms with E-state index in [4.69, 9.17) is 5.41 Å². The van der Waals surface area contributed by atoms with Crippen molar-refractivity contribution in [1.82, 2.24) is 4.57 Å². The highest BCUT2D eigenvalue weighted by Crippen LogP contribution is 2.32. The molecule has 0 amide bonds. The molecule has 0 unspecified atom stereocenters. The number of para-hydroxylation sites is 1. The average molecular weight is 461 g/mol. The van der Waals surface area contributed by atoms with Gasteiger partial charge >= 0.3 is 0 Å². The van der Waals surface area contributed by atoms with Gasteiger partial charge in [-0.05, 0) is 35.4 Å². The van der Waals surface area contributed by atoms with E-state index in [1.165, 1.54) is 32.9 Å². The van der Waals surface area contributed by atoms with Gasteiger partial charge in [0, 0.05) is 33.0 Å². The Morgan fingerprint density at radius 3 is 2.11 bits per heavy atom. The fourth-order valence-electron chi connectivity index (χ4n) is 4.82. The SMILES string of the molecule is N=C(c1ccccc1)c1ccccc1C#CCn1c2ccccc2c2cc(-c3ccccc3)ccc21. The largest absolute Gasteiger partial charge is 0.329 e. The van der Waals surface area contributed by atoms with Gasteiger partial charge in [0.15, 0.2) is 0 Å². The molecule has 0 aliphatic rings. The van der Waals surface area contributed by atoms with E-state index in [1.807, 2.05) is 60.7 Å². The maximum absolute atomic E-state index is 8.72. The van der Waals surface area contributed by atoms with Gasteiger partial charge in [-0.15, -0.1) is 0 Å². The second kappa shape index (κ2) is 9.41. The van der Waals surface area contributed by atoms with Crippen LogP contribution in [0.1, 0.15) is 16.7 Å². The van der Waals surface area contributed by atoms with Gasteiger partial charge < -0.3 is 4.57 Å². The number of nitrogens with zero attached hydrogens (tertiary/aromatic N) is 1. The number of aromatic nitrogens is 1. The summed E-state index contributed by atoms with van der Waals surface area (Å²) in [5.74, 6) is 6.75. The molecule has 1 aromatic heterocycles. The zero-order valence-corrected chi connectivity index (χ0v) is 19.8. The minimum Gasteiger partial charge on any atom is -0.329 e. The monoisotopic (exact) mass is 460 g/mol. The van der Waals surface area contributed by atoms with Crippen molar-refractivity contribution in [1.29, 1.82) is 5.41 Å². The van der Waals surface area contributed by atoms with Crippen molar-refractivity contribution in [2.24, 2.45) is 0 Å². The molecule has 5 aromatic carbocycles. The van der Waals surface area contributed by atoms with E-state index >= 15 is 0 Å². The molecule has 2 heteroatoms. The normalized spacial score (nSPS) is 10.8. The molecule has 0 atom stereocenters. The maximum atomic E-state index is 8.72. The zero-order valence-electron chi connectivity index (χ0n) is 19.8. The summed E-state index contributed by atoms with van der Waals surface area (Å²) in [5, 5.41) is 11.2. The maximum Gasteiger partial charge on any atom is 0.0847 e. The van der Waals surface area contributed by atoms with Gasteiger partial charge in [-0.2, -0.15) is 0 Å². The summed E-state index contributed by atoms with van der Waals surface area (Å²) in [6.45, 7) is 0.571. The van der Waals surface area contributed by atoms with Crippen LogP contribution in [0.4, 0.5) is 0 Å². The molecule has 0 saturated heterocycles. The summed E-state index contributed by atoms with van der Waals surface area (Å²) in [6, 6.07) is 43.5. The molecule has 170 valence electrons. The molecule has 0 spiro atoms. The van der Waals surface area contributed by atoms with Crippen LogP contribution in [0.25, 0.3) is 32.9 Å². The third-order valence-corrected chi connectivity index (χ3v) is 6.60. The number of hydrogen-bond acceptors (Lipinski definition) is 1. The Hall–Kier alpha value is -4.87. The Morgan fingerprint density at radius 2 is 1.28 bits per heavy atom. The van der Waals surface area contributed by atoms with E-state index in [2.05, 4.69) is 83.1 Å². The molecule has 0 radical (unpaired) electrons. The fourth-order valence-corrected chi connectivity index (χ4v) is 4.82. The Labute approximate surface area is 211 Å². The number of hydrogen-bond donors (Lipinski definition) is 1. The summed E-state index contributed by atoms with van der Waals surface area (Å²) in [7, 11) is 0. The van der Waals surface area contributed by atoms with E-state index in [0.717, 1.165) is 16.7 Å². The molecule has 0 bridgehead atoms. The Bertz CT molecular complexity index is 1760. The van der Waals surface area contributed by atoms with E-state index in [0.29, 0.717) is 12.3 Å². The van der Waals surface area contributed by atoms with E-state index in [-0.39, 0.29) is 0 Å². The third kappa shape index (κ3) is 3.98. The van der Waals surface area contributed by atoms with Gasteiger partial charge in [0.2, 0.25) is 0 Å². The van der Waals surface area contributed by atoms with Crippen LogP contribution >= 0.6 is 0 Å². The zero-order chi connectivity index (χ0) is 24.3. The predicted molar refractivity (Wildman–Crippen MR) is 151 cm³/mol. The van der Waals surface area contributed by atoms with E-state index in [9.17, 15) is 0 Å². The van der Waals surface area contributed by atoms with Gasteiger partial charge in [0.1, 0.15) is 0 Å². The molecule has 0 fully saturated rings. The van der Waals surface area contributed by atoms with Crippen LogP contribution in [0.15, 0.2) is 127 Å². The topological polar surface area (TPSA) is 28.8 Å². The number of nitrogens with one attached hydrogen (secondary N) is 1. The molecular formula is C34H24N2. The summed E-state index contributed by atoms with van der Waals surface area (Å²) < 4.78 is 2.29. The van der Waals surface area contributed by atoms with Crippen molar-refractivity contribution in [3.63, 3.8) is 0 Å². The van der Waals surface area contributed by atoms with Crippen LogP contribution in [-0.4, -0.2) is 10.3 Å². The van der Waals surface area contributed by atoms with Crippen molar-refractivity contribution < 1.29 is 0 Å². The molecule has 2 nitrogen and oxygen atoms in total. The van der Waals surface area contributed by atoms with Crippen molar-refractivity contribution in [3.05, 3.63) is 144 Å². The van der Waals surface area contributed by atoms with Gasteiger partial charge in [0.05, 0.1) is 17.8 Å². The molecule has 6 rings (SSSR count). The van der Waals surface area contributed by atoms with Gasteiger partial charge in [-0.25, -0.2) is 0 Å². The standard InChI is InChI=1S/C34H24N2/c35-34(27-15-5-2-6-16-27)29-18-8-7-14-26(29)17-11-23-36-32-20-10-9-19-30(32)31-24-28(21-22-33(31)36)25-12-3-1-4-13-25/h1-10,12-16,18-22,24,35H,23H2. The van der Waals surface area contributed by atoms with E-state index in [1.54, 1.807) is 0 Å². The van der Waals surface area contributed by atoms with Gasteiger partial charge in [0.25, 0.3) is 0 Å². The number of rotatable bonds is 4. The summed E-state index contributed by atoms with van der Waals surface area (Å²) in [5.41, 5.74) is 7.89. The molecule has 0 saturated carbocycles. The number of benzene rings is 5. The van der Waals surface area contributed by atoms with Crippen LogP contribution in [0, 0.1) is 17.3 Å². The highest BCUT2D eigenvalue weighted by Gasteiger charge is 2.11. The molecule has 36 heavy (non-hydrogen) atoms. The molecule has 0 aliphatic carbocycles. The van der Waals surface area contributed by atoms with Crippen LogP contribution in [0.5, 0.6) is 0 Å². The van der Waals surface area contributed by atoms with Crippen LogP contribution in [-0.2, 0) is 6.54 Å². The lowest BCUT2D eigenvalue weighted by molar-refractivity contribution is 0.923. The first-order valence-corrected chi connectivity index (χ1v) is 12.1. The van der Waals surface area contributed by atoms with E-state index < -0.39 is 0 Å². The van der Waals surface area contributed by atoms with Crippen molar-refractivity contribution >= 4 is 27.5 Å². The quantitative estimate of drug-likeness (QED) is 0.204. The Kier molecular flexibility index (Phi) is 5.66. The summed E-state index contributed by atoms with van der Waals surface area (Å²) >= 11 is 0. The lowest BCUT2D eigenvalue weighted by Crippen LogP contribution is -2.03. The lowest BCUT2D eigenvalue weighted by atomic mass is 9.98. The second-order valence-electron chi connectivity index (χ2n) is 8.79.